The number of anilines is 1. The molecule has 70 valence electrons. The maximum atomic E-state index is 4.35. The molecule has 0 saturated carbocycles. The number of pyridine rings is 1. The fourth-order valence-corrected chi connectivity index (χ4v) is 1.14. The van der Waals surface area contributed by atoms with Crippen LogP contribution in [-0.2, 0) is 0 Å². The van der Waals surface area contributed by atoms with Gasteiger partial charge in [0.15, 0.2) is 0 Å². The second-order valence-corrected chi connectivity index (χ2v) is 3.79. The van der Waals surface area contributed by atoms with E-state index in [0.717, 1.165) is 16.0 Å². The van der Waals surface area contributed by atoms with Gasteiger partial charge in [0.25, 0.3) is 0 Å². The first-order valence-electron chi connectivity index (χ1n) is 4.15. The van der Waals surface area contributed by atoms with E-state index in [0.29, 0.717) is 0 Å². The number of hydrogen-bond donors (Lipinski definition) is 1. The van der Waals surface area contributed by atoms with Crippen LogP contribution in [-0.4, -0.2) is 11.0 Å². The molecule has 0 radical (unpaired) electrons. The van der Waals surface area contributed by atoms with Crippen LogP contribution in [0.1, 0.15) is 12.6 Å². The first-order chi connectivity index (χ1) is 6.13. The largest absolute Gasteiger partial charge is 0.364 e. The minimum atomic E-state index is 0.244. The zero-order chi connectivity index (χ0) is 9.84. The Kier molecular flexibility index (Phi) is 3.48. The quantitative estimate of drug-likeness (QED) is 0.822. The average molecular weight is 241 g/mol. The lowest BCUT2D eigenvalue weighted by Gasteiger charge is -2.10. The van der Waals surface area contributed by atoms with E-state index in [2.05, 4.69) is 32.8 Å². The normalized spacial score (nSPS) is 12.2. The Balaban J connectivity index is 2.79. The number of aromatic nitrogens is 1. The van der Waals surface area contributed by atoms with Crippen LogP contribution in [0.4, 0.5) is 5.82 Å². The highest BCUT2D eigenvalue weighted by Crippen LogP contribution is 2.16. The summed E-state index contributed by atoms with van der Waals surface area (Å²) < 4.78 is 1.03. The van der Waals surface area contributed by atoms with Crippen molar-refractivity contribution in [2.45, 2.75) is 19.9 Å². The van der Waals surface area contributed by atoms with Crippen molar-refractivity contribution >= 4 is 21.7 Å². The summed E-state index contributed by atoms with van der Waals surface area (Å²) in [6, 6.07) is 4.17. The number of aryl methyl sites for hydroxylation is 1. The molecule has 0 fully saturated rings. The third-order valence-electron chi connectivity index (χ3n) is 1.75. The van der Waals surface area contributed by atoms with Crippen molar-refractivity contribution in [2.24, 2.45) is 0 Å². The van der Waals surface area contributed by atoms with Gasteiger partial charge in [-0.15, -0.1) is 6.58 Å². The first-order valence-corrected chi connectivity index (χ1v) is 4.95. The molecule has 1 N–H and O–H groups in total. The maximum absolute atomic E-state index is 4.35. The van der Waals surface area contributed by atoms with E-state index in [4.69, 9.17) is 0 Å². The number of nitrogens with one attached hydrogen (secondary N) is 1. The molecule has 3 heteroatoms. The summed E-state index contributed by atoms with van der Waals surface area (Å²) in [7, 11) is 0. The van der Waals surface area contributed by atoms with Crippen LogP contribution in [0.3, 0.4) is 0 Å². The third kappa shape index (κ3) is 2.84. The van der Waals surface area contributed by atoms with Crippen molar-refractivity contribution in [3.05, 3.63) is 35.0 Å². The molecule has 0 bridgehead atoms. The summed E-state index contributed by atoms with van der Waals surface area (Å²) in [6.07, 6.45) is 1.85. The topological polar surface area (TPSA) is 24.9 Å². The molecule has 2 nitrogen and oxygen atoms in total. The second kappa shape index (κ2) is 4.42. The van der Waals surface area contributed by atoms with E-state index in [1.165, 1.54) is 0 Å². The van der Waals surface area contributed by atoms with Crippen molar-refractivity contribution in [1.29, 1.82) is 0 Å². The Morgan fingerprint density at radius 3 is 2.85 bits per heavy atom. The molecule has 0 aliphatic rings. The van der Waals surface area contributed by atoms with E-state index in [9.17, 15) is 0 Å². The fourth-order valence-electron chi connectivity index (χ4n) is 0.917. The van der Waals surface area contributed by atoms with Crippen molar-refractivity contribution < 1.29 is 0 Å². The van der Waals surface area contributed by atoms with Gasteiger partial charge in [0.1, 0.15) is 5.82 Å². The highest BCUT2D eigenvalue weighted by Gasteiger charge is 2.00. The van der Waals surface area contributed by atoms with Gasteiger partial charge >= 0.3 is 0 Å². The van der Waals surface area contributed by atoms with E-state index >= 15 is 0 Å². The smallest absolute Gasteiger partial charge is 0.126 e. The van der Waals surface area contributed by atoms with Crippen molar-refractivity contribution in [3.63, 3.8) is 0 Å². The average Bonchev–Trinajstić information content (AvgIpc) is 2.11. The van der Waals surface area contributed by atoms with E-state index in [1.54, 1.807) is 0 Å². The molecule has 0 aromatic carbocycles. The van der Waals surface area contributed by atoms with Crippen molar-refractivity contribution in [1.82, 2.24) is 4.98 Å². The van der Waals surface area contributed by atoms with Crippen LogP contribution >= 0.6 is 15.9 Å². The number of nitrogens with zero attached hydrogens (tertiary/aromatic N) is 1. The Labute approximate surface area is 87.2 Å². The highest BCUT2D eigenvalue weighted by atomic mass is 79.9. The Morgan fingerprint density at radius 1 is 1.62 bits per heavy atom. The van der Waals surface area contributed by atoms with Gasteiger partial charge in [-0.3, -0.25) is 0 Å². The summed E-state index contributed by atoms with van der Waals surface area (Å²) in [5.41, 5.74) is 0.987. The van der Waals surface area contributed by atoms with Crippen LogP contribution in [0.15, 0.2) is 29.3 Å². The molecule has 1 rings (SSSR count). The van der Waals surface area contributed by atoms with Gasteiger partial charge in [-0.2, -0.15) is 0 Å². The molecule has 0 aliphatic heterocycles. The molecule has 0 saturated heterocycles. The summed E-state index contributed by atoms with van der Waals surface area (Å²) in [5, 5.41) is 3.21. The Hall–Kier alpha value is -0.830. The molecular weight excluding hydrogens is 228 g/mol. The monoisotopic (exact) mass is 240 g/mol. The van der Waals surface area contributed by atoms with E-state index < -0.39 is 0 Å². The fraction of sp³-hybridized carbons (Fsp3) is 0.300. The lowest BCUT2D eigenvalue weighted by molar-refractivity contribution is 0.976. The molecule has 0 amide bonds. The summed E-state index contributed by atoms with van der Waals surface area (Å²) >= 11 is 3.40. The van der Waals surface area contributed by atoms with Crippen LogP contribution in [0, 0.1) is 6.92 Å². The predicted octanol–water partition coefficient (Wildman–Crippen LogP) is 3.14. The summed E-state index contributed by atoms with van der Waals surface area (Å²) in [5.74, 6) is 0.883. The van der Waals surface area contributed by atoms with Gasteiger partial charge in [-0.05, 0) is 41.9 Å². The number of hydrogen-bond acceptors (Lipinski definition) is 2. The molecule has 1 aromatic heterocycles. The van der Waals surface area contributed by atoms with Gasteiger partial charge in [-0.1, -0.05) is 6.08 Å². The number of rotatable bonds is 3. The van der Waals surface area contributed by atoms with Crippen LogP contribution in [0.25, 0.3) is 0 Å². The Morgan fingerprint density at radius 2 is 2.31 bits per heavy atom. The van der Waals surface area contributed by atoms with E-state index in [-0.39, 0.29) is 6.04 Å². The zero-order valence-electron chi connectivity index (χ0n) is 7.84. The molecular formula is C10H13BrN2. The third-order valence-corrected chi connectivity index (χ3v) is 2.59. The Bertz CT molecular complexity index is 310. The van der Waals surface area contributed by atoms with Crippen LogP contribution < -0.4 is 5.32 Å². The van der Waals surface area contributed by atoms with Gasteiger partial charge in [0, 0.05) is 10.5 Å². The molecule has 0 aliphatic carbocycles. The maximum Gasteiger partial charge on any atom is 0.126 e. The van der Waals surface area contributed by atoms with E-state index in [1.807, 2.05) is 32.1 Å². The molecule has 1 unspecified atom stereocenters. The molecule has 1 heterocycles. The minimum absolute atomic E-state index is 0.244. The van der Waals surface area contributed by atoms with Gasteiger partial charge < -0.3 is 5.32 Å². The van der Waals surface area contributed by atoms with Gasteiger partial charge in [0.05, 0.1) is 5.69 Å². The molecule has 13 heavy (non-hydrogen) atoms. The standard InChI is InChI=1S/C10H13BrN2/c1-4-7(2)12-10-6-5-9(11)8(3)13-10/h4-7H,1H2,2-3H3,(H,12,13). The minimum Gasteiger partial charge on any atom is -0.364 e. The van der Waals surface area contributed by atoms with Gasteiger partial charge in [0.2, 0.25) is 0 Å². The lowest BCUT2D eigenvalue weighted by Crippen LogP contribution is -2.12. The van der Waals surface area contributed by atoms with Gasteiger partial charge in [-0.25, -0.2) is 4.98 Å². The lowest BCUT2D eigenvalue weighted by atomic mass is 10.3. The second-order valence-electron chi connectivity index (χ2n) is 2.93. The predicted molar refractivity (Wildman–Crippen MR) is 60.0 cm³/mol. The summed E-state index contributed by atoms with van der Waals surface area (Å²) in [4.78, 5) is 4.35. The SMILES string of the molecule is C=CC(C)Nc1ccc(Br)c(C)n1. The molecule has 1 aromatic rings. The summed E-state index contributed by atoms with van der Waals surface area (Å²) in [6.45, 7) is 7.70. The van der Waals surface area contributed by atoms with Crippen LogP contribution in [0.5, 0.6) is 0 Å². The molecule has 1 atom stereocenters. The zero-order valence-corrected chi connectivity index (χ0v) is 9.43. The van der Waals surface area contributed by atoms with Crippen molar-refractivity contribution in [2.75, 3.05) is 5.32 Å². The molecule has 0 spiro atoms. The highest BCUT2D eigenvalue weighted by molar-refractivity contribution is 9.10. The number of halogens is 1. The van der Waals surface area contributed by atoms with Crippen molar-refractivity contribution in [3.8, 4) is 0 Å². The van der Waals surface area contributed by atoms with Crippen LogP contribution in [0.2, 0.25) is 0 Å². The first kappa shape index (κ1) is 10.3.